The number of carbonyl (C=O) groups is 2. The van der Waals surface area contributed by atoms with Crippen molar-refractivity contribution in [2.45, 2.75) is 19.9 Å². The Labute approximate surface area is 149 Å². The van der Waals surface area contributed by atoms with Crippen LogP contribution in [0.5, 0.6) is 0 Å². The first-order valence-corrected chi connectivity index (χ1v) is 8.23. The highest BCUT2D eigenvalue weighted by molar-refractivity contribution is 6.30. The first kappa shape index (κ1) is 15.8. The average Bonchev–Trinajstić information content (AvgIpc) is 3.08. The molecule has 1 aromatic heterocycles. The van der Waals surface area contributed by atoms with Crippen LogP contribution >= 0.6 is 11.6 Å². The SMILES string of the molecule is Cc1ccc(Cl)cc1-n1c(C)c[n+]2c1N=C1C2C(=O)N(C)C(=O)N1C. The van der Waals surface area contributed by atoms with Gasteiger partial charge in [-0.1, -0.05) is 22.7 Å². The number of aromatic nitrogens is 2. The fourth-order valence-electron chi connectivity index (χ4n) is 3.39. The third-order valence-electron chi connectivity index (χ3n) is 4.74. The van der Waals surface area contributed by atoms with E-state index in [1.807, 2.05) is 47.4 Å². The summed E-state index contributed by atoms with van der Waals surface area (Å²) in [5.41, 5.74) is 2.86. The second kappa shape index (κ2) is 5.16. The minimum atomic E-state index is -0.623. The van der Waals surface area contributed by atoms with Gasteiger partial charge in [0.1, 0.15) is 17.6 Å². The van der Waals surface area contributed by atoms with Crippen molar-refractivity contribution in [3.63, 3.8) is 0 Å². The van der Waals surface area contributed by atoms with Gasteiger partial charge in [-0.2, -0.15) is 4.57 Å². The van der Waals surface area contributed by atoms with Gasteiger partial charge in [-0.25, -0.2) is 9.36 Å². The number of imide groups is 1. The number of hydrogen-bond donors (Lipinski definition) is 0. The maximum absolute atomic E-state index is 12.6. The predicted molar refractivity (Wildman–Crippen MR) is 92.5 cm³/mol. The Balaban J connectivity index is 1.95. The second-order valence-corrected chi connectivity index (χ2v) is 6.79. The summed E-state index contributed by atoms with van der Waals surface area (Å²) in [7, 11) is 3.12. The van der Waals surface area contributed by atoms with Gasteiger partial charge in [-0.05, 0) is 31.5 Å². The molecule has 1 unspecified atom stereocenters. The number of likely N-dealkylation sites (N-methyl/N-ethyl adjacent to an activating group) is 2. The fourth-order valence-corrected chi connectivity index (χ4v) is 3.55. The first-order valence-electron chi connectivity index (χ1n) is 7.85. The zero-order valence-electron chi connectivity index (χ0n) is 14.3. The molecule has 0 N–H and O–H groups in total. The fraction of sp³-hybridized carbons (Fsp3) is 0.294. The molecule has 7 nitrogen and oxygen atoms in total. The van der Waals surface area contributed by atoms with E-state index in [9.17, 15) is 9.59 Å². The quantitative estimate of drug-likeness (QED) is 0.733. The molecular formula is C17H17ClN5O2+. The number of fused-ring (bicyclic) bond motifs is 3. The van der Waals surface area contributed by atoms with Crippen molar-refractivity contribution in [1.82, 2.24) is 14.4 Å². The number of amidine groups is 1. The molecule has 2 aromatic rings. The number of imidazole rings is 1. The normalized spacial score (nSPS) is 19.2. The summed E-state index contributed by atoms with van der Waals surface area (Å²) in [4.78, 5) is 32.0. The number of aliphatic imine (C=N–C) groups is 1. The van der Waals surface area contributed by atoms with Crippen LogP contribution in [0.1, 0.15) is 17.3 Å². The summed E-state index contributed by atoms with van der Waals surface area (Å²) < 4.78 is 3.77. The molecule has 25 heavy (non-hydrogen) atoms. The van der Waals surface area contributed by atoms with E-state index < -0.39 is 6.04 Å². The van der Waals surface area contributed by atoms with Crippen LogP contribution in [-0.2, 0) is 4.79 Å². The minimum absolute atomic E-state index is 0.287. The molecule has 4 rings (SSSR count). The molecule has 3 amide bonds. The highest BCUT2D eigenvalue weighted by Gasteiger charge is 2.52. The van der Waals surface area contributed by atoms with E-state index in [-0.39, 0.29) is 11.9 Å². The van der Waals surface area contributed by atoms with Gasteiger partial charge in [0.25, 0.3) is 5.91 Å². The van der Waals surface area contributed by atoms with Crippen molar-refractivity contribution in [2.75, 3.05) is 14.1 Å². The Hall–Kier alpha value is -2.67. The lowest BCUT2D eigenvalue weighted by Gasteiger charge is -2.30. The molecule has 2 aliphatic heterocycles. The number of rotatable bonds is 1. The standard InChI is InChI=1S/C17H17ClN5O2/c1-9-5-6-11(18)7-12(9)23-10(2)8-22-13-14(19-16(22)23)20(3)17(25)21(4)15(13)24/h5-8,13H,1-4H3/q+1. The number of amides is 3. The van der Waals surface area contributed by atoms with Crippen molar-refractivity contribution < 1.29 is 14.2 Å². The molecular weight excluding hydrogens is 342 g/mol. The molecule has 0 aliphatic carbocycles. The summed E-state index contributed by atoms with van der Waals surface area (Å²) in [5, 5.41) is 0.624. The van der Waals surface area contributed by atoms with Crippen LogP contribution in [0.3, 0.4) is 0 Å². The van der Waals surface area contributed by atoms with Gasteiger partial charge in [-0.15, -0.1) is 0 Å². The van der Waals surface area contributed by atoms with Gasteiger partial charge in [-0.3, -0.25) is 14.6 Å². The zero-order chi connectivity index (χ0) is 18.0. The number of aryl methyl sites for hydroxylation is 2. The highest BCUT2D eigenvalue weighted by atomic mass is 35.5. The molecule has 2 aliphatic rings. The number of urea groups is 1. The van der Waals surface area contributed by atoms with E-state index in [4.69, 9.17) is 11.6 Å². The molecule has 0 spiro atoms. The van der Waals surface area contributed by atoms with Crippen molar-refractivity contribution >= 4 is 35.3 Å². The second-order valence-electron chi connectivity index (χ2n) is 6.36. The summed E-state index contributed by atoms with van der Waals surface area (Å²) in [5.74, 6) is 0.758. The molecule has 0 radical (unpaired) electrons. The van der Waals surface area contributed by atoms with Gasteiger partial charge in [0, 0.05) is 19.1 Å². The van der Waals surface area contributed by atoms with Crippen molar-refractivity contribution in [3.05, 3.63) is 40.7 Å². The Bertz CT molecular complexity index is 978. The van der Waals surface area contributed by atoms with Crippen molar-refractivity contribution in [1.29, 1.82) is 0 Å². The molecule has 1 fully saturated rings. The lowest BCUT2D eigenvalue weighted by Crippen LogP contribution is -2.61. The van der Waals surface area contributed by atoms with E-state index in [2.05, 4.69) is 4.99 Å². The molecule has 1 atom stereocenters. The maximum atomic E-state index is 12.6. The van der Waals surface area contributed by atoms with Crippen LogP contribution in [0.25, 0.3) is 5.69 Å². The Morgan fingerprint density at radius 3 is 2.60 bits per heavy atom. The van der Waals surface area contributed by atoms with E-state index in [0.29, 0.717) is 16.8 Å². The van der Waals surface area contributed by atoms with Crippen LogP contribution in [0.2, 0.25) is 5.02 Å². The molecule has 0 saturated carbocycles. The van der Waals surface area contributed by atoms with Gasteiger partial charge in [0.2, 0.25) is 11.9 Å². The van der Waals surface area contributed by atoms with Crippen LogP contribution in [-0.4, -0.2) is 46.2 Å². The Morgan fingerprint density at radius 1 is 1.16 bits per heavy atom. The number of halogens is 1. The monoisotopic (exact) mass is 358 g/mol. The molecule has 1 aromatic carbocycles. The maximum Gasteiger partial charge on any atom is 0.406 e. The van der Waals surface area contributed by atoms with Crippen LogP contribution < -0.4 is 4.57 Å². The Kier molecular flexibility index (Phi) is 3.27. The van der Waals surface area contributed by atoms with Gasteiger partial charge < -0.3 is 0 Å². The minimum Gasteiger partial charge on any atom is -0.270 e. The highest BCUT2D eigenvalue weighted by Crippen LogP contribution is 2.32. The van der Waals surface area contributed by atoms with Gasteiger partial charge in [0.15, 0.2) is 0 Å². The number of benzene rings is 1. The predicted octanol–water partition coefficient (Wildman–Crippen LogP) is 2.14. The van der Waals surface area contributed by atoms with Gasteiger partial charge >= 0.3 is 12.0 Å². The first-order chi connectivity index (χ1) is 11.8. The summed E-state index contributed by atoms with van der Waals surface area (Å²) in [6.45, 7) is 3.94. The van der Waals surface area contributed by atoms with E-state index in [1.165, 1.54) is 11.9 Å². The van der Waals surface area contributed by atoms with E-state index >= 15 is 0 Å². The van der Waals surface area contributed by atoms with Crippen LogP contribution in [0, 0.1) is 13.8 Å². The smallest absolute Gasteiger partial charge is 0.270 e. The van der Waals surface area contributed by atoms with Crippen molar-refractivity contribution in [2.24, 2.45) is 4.99 Å². The average molecular weight is 359 g/mol. The van der Waals surface area contributed by atoms with Crippen LogP contribution in [0.4, 0.5) is 10.7 Å². The number of carbonyl (C=O) groups excluding carboxylic acids is 2. The lowest BCUT2D eigenvalue weighted by molar-refractivity contribution is -0.676. The van der Waals surface area contributed by atoms with Gasteiger partial charge in [0.05, 0.1) is 0 Å². The molecule has 8 heteroatoms. The Morgan fingerprint density at radius 2 is 1.88 bits per heavy atom. The third kappa shape index (κ3) is 2.05. The summed E-state index contributed by atoms with van der Waals surface area (Å²) in [6.07, 6.45) is 1.88. The summed E-state index contributed by atoms with van der Waals surface area (Å²) >= 11 is 6.17. The largest absolute Gasteiger partial charge is 0.406 e. The number of hydrogen-bond acceptors (Lipinski definition) is 3. The van der Waals surface area contributed by atoms with Crippen LogP contribution in [0.15, 0.2) is 29.4 Å². The van der Waals surface area contributed by atoms with E-state index in [1.54, 1.807) is 7.05 Å². The number of nitrogens with zero attached hydrogens (tertiary/aromatic N) is 5. The molecule has 128 valence electrons. The topological polar surface area (TPSA) is 61.8 Å². The zero-order valence-corrected chi connectivity index (χ0v) is 15.1. The molecule has 0 bridgehead atoms. The third-order valence-corrected chi connectivity index (χ3v) is 4.98. The van der Waals surface area contributed by atoms with Crippen molar-refractivity contribution in [3.8, 4) is 5.69 Å². The summed E-state index contributed by atoms with van der Waals surface area (Å²) in [6, 6.07) is 4.65. The molecule has 3 heterocycles. The lowest BCUT2D eigenvalue weighted by atomic mass is 10.2. The molecule has 1 saturated heterocycles. The van der Waals surface area contributed by atoms with E-state index in [0.717, 1.165) is 21.8 Å².